The van der Waals surface area contributed by atoms with E-state index in [2.05, 4.69) is 5.32 Å². The van der Waals surface area contributed by atoms with Gasteiger partial charge in [0.1, 0.15) is 18.2 Å². The molecular formula is C22H22FNO3. The number of dihydropyridines is 1. The van der Waals surface area contributed by atoms with E-state index in [-0.39, 0.29) is 24.3 Å². The van der Waals surface area contributed by atoms with Crippen LogP contribution in [0.25, 0.3) is 0 Å². The Balaban J connectivity index is 1.94. The number of para-hydroxylation sites is 1. The predicted octanol–water partition coefficient (Wildman–Crippen LogP) is 4.44. The molecule has 5 heteroatoms. The van der Waals surface area contributed by atoms with Gasteiger partial charge in [-0.15, -0.1) is 0 Å². The van der Waals surface area contributed by atoms with E-state index in [9.17, 15) is 9.18 Å². The Kier molecular flexibility index (Phi) is 5.60. The number of ether oxygens (including phenoxy) is 2. The largest absolute Gasteiger partial charge is 0.489 e. The minimum Gasteiger partial charge on any atom is -0.489 e. The van der Waals surface area contributed by atoms with Crippen LogP contribution in [0.5, 0.6) is 5.75 Å². The molecule has 0 amide bonds. The summed E-state index contributed by atoms with van der Waals surface area (Å²) < 4.78 is 24.4. The lowest BCUT2D eigenvalue weighted by molar-refractivity contribution is -0.136. The van der Waals surface area contributed by atoms with Gasteiger partial charge in [0.2, 0.25) is 0 Å². The molecule has 0 aliphatic carbocycles. The van der Waals surface area contributed by atoms with Gasteiger partial charge in [-0.1, -0.05) is 36.4 Å². The molecule has 0 saturated carbocycles. The number of rotatable bonds is 5. The van der Waals surface area contributed by atoms with Gasteiger partial charge in [0.25, 0.3) is 0 Å². The van der Waals surface area contributed by atoms with Crippen LogP contribution < -0.4 is 10.1 Å². The molecule has 1 heterocycles. The standard InChI is InChI=1S/C22H22FNO3/c1-14-11-19(21(15(2)24-14)22(25)26-3)18-9-4-5-10-20(18)27-13-16-7-6-8-17(23)12-16/h4-12,19,24H,13H2,1-3H3. The quantitative estimate of drug-likeness (QED) is 0.794. The van der Waals surface area contributed by atoms with E-state index < -0.39 is 0 Å². The summed E-state index contributed by atoms with van der Waals surface area (Å²) in [5.41, 5.74) is 3.85. The zero-order valence-electron chi connectivity index (χ0n) is 15.6. The summed E-state index contributed by atoms with van der Waals surface area (Å²) in [7, 11) is 1.37. The van der Waals surface area contributed by atoms with Crippen LogP contribution >= 0.6 is 0 Å². The third-order valence-electron chi connectivity index (χ3n) is 4.46. The monoisotopic (exact) mass is 367 g/mol. The van der Waals surface area contributed by atoms with E-state index in [1.807, 2.05) is 50.3 Å². The van der Waals surface area contributed by atoms with Crippen LogP contribution in [-0.2, 0) is 16.1 Å². The van der Waals surface area contributed by atoms with Crippen LogP contribution in [-0.4, -0.2) is 13.1 Å². The number of nitrogens with one attached hydrogen (secondary N) is 1. The van der Waals surface area contributed by atoms with Gasteiger partial charge in [-0.05, 0) is 37.6 Å². The average molecular weight is 367 g/mol. The molecule has 0 radical (unpaired) electrons. The average Bonchev–Trinajstić information content (AvgIpc) is 2.65. The SMILES string of the molecule is COC(=O)C1=C(C)NC(C)=CC1c1ccccc1OCc1cccc(F)c1. The van der Waals surface area contributed by atoms with E-state index >= 15 is 0 Å². The summed E-state index contributed by atoms with van der Waals surface area (Å²) in [4.78, 5) is 12.4. The Morgan fingerprint density at radius 3 is 2.67 bits per heavy atom. The number of hydrogen-bond donors (Lipinski definition) is 1. The summed E-state index contributed by atoms with van der Waals surface area (Å²) in [6.45, 7) is 4.03. The summed E-state index contributed by atoms with van der Waals surface area (Å²) in [6, 6.07) is 13.9. The highest BCUT2D eigenvalue weighted by Gasteiger charge is 2.29. The highest BCUT2D eigenvalue weighted by molar-refractivity contribution is 5.92. The summed E-state index contributed by atoms with van der Waals surface area (Å²) in [5.74, 6) is -0.323. The molecule has 1 aliphatic heterocycles. The number of halogens is 1. The van der Waals surface area contributed by atoms with Crippen molar-refractivity contribution in [3.63, 3.8) is 0 Å². The maximum atomic E-state index is 13.4. The van der Waals surface area contributed by atoms with Crippen LogP contribution in [0.3, 0.4) is 0 Å². The molecule has 140 valence electrons. The third kappa shape index (κ3) is 4.19. The zero-order valence-corrected chi connectivity index (χ0v) is 15.6. The Labute approximate surface area is 158 Å². The van der Waals surface area contributed by atoms with Gasteiger partial charge >= 0.3 is 5.97 Å². The molecular weight excluding hydrogens is 345 g/mol. The molecule has 2 aromatic rings. The Bertz CT molecular complexity index is 917. The second-order valence-corrected chi connectivity index (χ2v) is 6.44. The van der Waals surface area contributed by atoms with Crippen LogP contribution in [0, 0.1) is 5.82 Å². The zero-order chi connectivity index (χ0) is 19.4. The number of esters is 1. The molecule has 1 atom stereocenters. The van der Waals surface area contributed by atoms with E-state index in [1.54, 1.807) is 6.07 Å². The van der Waals surface area contributed by atoms with Gasteiger partial charge in [0.15, 0.2) is 0 Å². The Morgan fingerprint density at radius 2 is 1.93 bits per heavy atom. The molecule has 0 spiro atoms. The van der Waals surface area contributed by atoms with Crippen molar-refractivity contribution in [3.8, 4) is 5.75 Å². The van der Waals surface area contributed by atoms with Gasteiger partial charge in [-0.3, -0.25) is 0 Å². The molecule has 3 rings (SSSR count). The lowest BCUT2D eigenvalue weighted by Crippen LogP contribution is -2.25. The maximum absolute atomic E-state index is 13.4. The van der Waals surface area contributed by atoms with E-state index in [0.717, 1.165) is 22.5 Å². The minimum atomic E-state index is -0.381. The smallest absolute Gasteiger partial charge is 0.336 e. The van der Waals surface area contributed by atoms with Crippen LogP contribution in [0.4, 0.5) is 4.39 Å². The molecule has 0 fully saturated rings. The van der Waals surface area contributed by atoms with Gasteiger partial charge in [-0.25, -0.2) is 9.18 Å². The second-order valence-electron chi connectivity index (χ2n) is 6.44. The molecule has 0 saturated heterocycles. The first-order valence-electron chi connectivity index (χ1n) is 8.70. The lowest BCUT2D eigenvalue weighted by atomic mass is 9.86. The topological polar surface area (TPSA) is 47.6 Å². The lowest BCUT2D eigenvalue weighted by Gasteiger charge is -2.26. The molecule has 2 aromatic carbocycles. The number of benzene rings is 2. The molecule has 1 unspecified atom stereocenters. The van der Waals surface area contributed by atoms with Crippen molar-refractivity contribution >= 4 is 5.97 Å². The number of carbonyl (C=O) groups is 1. The fraction of sp³-hybridized carbons (Fsp3) is 0.227. The molecule has 27 heavy (non-hydrogen) atoms. The predicted molar refractivity (Wildman–Crippen MR) is 102 cm³/mol. The van der Waals surface area contributed by atoms with Crippen molar-refractivity contribution in [2.24, 2.45) is 0 Å². The Morgan fingerprint density at radius 1 is 1.15 bits per heavy atom. The van der Waals surface area contributed by atoms with Crippen molar-refractivity contribution in [1.82, 2.24) is 5.32 Å². The van der Waals surface area contributed by atoms with Gasteiger partial charge in [-0.2, -0.15) is 0 Å². The number of hydrogen-bond acceptors (Lipinski definition) is 4. The molecule has 0 bridgehead atoms. The number of carbonyl (C=O) groups excluding carboxylic acids is 1. The van der Waals surface area contributed by atoms with Crippen molar-refractivity contribution in [1.29, 1.82) is 0 Å². The van der Waals surface area contributed by atoms with E-state index in [4.69, 9.17) is 9.47 Å². The molecule has 0 aromatic heterocycles. The fourth-order valence-corrected chi connectivity index (χ4v) is 3.26. The molecule has 1 N–H and O–H groups in total. The minimum absolute atomic E-state index is 0.235. The van der Waals surface area contributed by atoms with Gasteiger partial charge in [0.05, 0.1) is 12.7 Å². The van der Waals surface area contributed by atoms with Crippen LogP contribution in [0.15, 0.2) is 71.6 Å². The van der Waals surface area contributed by atoms with Crippen LogP contribution in [0.2, 0.25) is 0 Å². The fourth-order valence-electron chi connectivity index (χ4n) is 3.26. The maximum Gasteiger partial charge on any atom is 0.336 e. The number of methoxy groups -OCH3 is 1. The van der Waals surface area contributed by atoms with Gasteiger partial charge < -0.3 is 14.8 Å². The first-order chi connectivity index (χ1) is 13.0. The van der Waals surface area contributed by atoms with Crippen LogP contribution in [0.1, 0.15) is 30.9 Å². The van der Waals surface area contributed by atoms with Crippen molar-refractivity contribution in [2.45, 2.75) is 26.4 Å². The first-order valence-corrected chi connectivity index (χ1v) is 8.70. The van der Waals surface area contributed by atoms with Crippen molar-refractivity contribution in [3.05, 3.63) is 88.5 Å². The molecule has 4 nitrogen and oxygen atoms in total. The van der Waals surface area contributed by atoms with Crippen molar-refractivity contribution < 1.29 is 18.7 Å². The van der Waals surface area contributed by atoms with Gasteiger partial charge in [0, 0.05) is 22.9 Å². The summed E-state index contributed by atoms with van der Waals surface area (Å²) in [5, 5.41) is 3.19. The summed E-state index contributed by atoms with van der Waals surface area (Å²) >= 11 is 0. The third-order valence-corrected chi connectivity index (χ3v) is 4.46. The molecule has 1 aliphatic rings. The van der Waals surface area contributed by atoms with E-state index in [1.165, 1.54) is 19.2 Å². The first kappa shape index (κ1) is 18.7. The normalized spacial score (nSPS) is 16.4. The highest BCUT2D eigenvalue weighted by Crippen LogP contribution is 2.37. The van der Waals surface area contributed by atoms with E-state index in [0.29, 0.717) is 11.3 Å². The number of allylic oxidation sites excluding steroid dienone is 3. The summed E-state index contributed by atoms with van der Waals surface area (Å²) in [6.07, 6.45) is 1.98. The second kappa shape index (κ2) is 8.08. The highest BCUT2D eigenvalue weighted by atomic mass is 19.1. The van der Waals surface area contributed by atoms with Crippen molar-refractivity contribution in [2.75, 3.05) is 7.11 Å². The Hall–Kier alpha value is -3.08.